The Kier molecular flexibility index (Phi) is 55.4. The molecule has 119 heavy (non-hydrogen) atoms. The van der Waals surface area contributed by atoms with Crippen molar-refractivity contribution in [2.75, 3.05) is 325 Å². The molecule has 5 aromatic rings. The number of carbonyl (C=O) groups excluding carboxylic acids is 1. The highest BCUT2D eigenvalue weighted by molar-refractivity contribution is 5.88. The van der Waals surface area contributed by atoms with Crippen molar-refractivity contribution in [3.63, 3.8) is 0 Å². The lowest BCUT2D eigenvalue weighted by molar-refractivity contribution is -0.117. The van der Waals surface area contributed by atoms with Gasteiger partial charge in [-0.05, 0) is 149 Å². The van der Waals surface area contributed by atoms with Crippen LogP contribution in [0.3, 0.4) is 0 Å². The van der Waals surface area contributed by atoms with Crippen molar-refractivity contribution >= 4 is 5.78 Å². The van der Waals surface area contributed by atoms with E-state index in [2.05, 4.69) is 111 Å². The normalized spacial score (nSPS) is 14.7. The molecule has 26 heteroatoms. The molecule has 5 aromatic carbocycles. The van der Waals surface area contributed by atoms with Gasteiger partial charge in [0.05, 0.1) is 297 Å². The summed E-state index contributed by atoms with van der Waals surface area (Å²) >= 11 is 0. The van der Waals surface area contributed by atoms with Crippen molar-refractivity contribution < 1.29 is 118 Å². The van der Waals surface area contributed by atoms with Gasteiger partial charge in [-0.2, -0.15) is 0 Å². The molecule has 0 radical (unpaired) electrons. The zero-order chi connectivity index (χ0) is 83.8. The van der Waals surface area contributed by atoms with Crippen molar-refractivity contribution in [2.24, 2.45) is 5.73 Å². The summed E-state index contributed by atoms with van der Waals surface area (Å²) in [7, 11) is 3.29. The van der Waals surface area contributed by atoms with Gasteiger partial charge in [-0.3, -0.25) is 0 Å². The standard InChI is InChI=1S/C93H143NO25/c1-77-12-20-86-87-23-19-83(82-18-22-85-84-21-17-81(80-15-13-79(14-16-80)11-8-10-78(2)95)73-88(84)92(3,89(85)74-82)24-6-7-26-94)75-91(87)93(90(86)72-77,76-119-71-70-118-69-68-117-67-66-116-65-64-115-63-62-114-61-59-112-55-53-109-49-47-106-43-41-103-37-35-100-31-29-97-5)25-9-27-98-32-33-101-38-39-104-44-45-107-50-51-110-56-57-113-60-58-111-54-52-108-48-46-105-42-40-102-36-34-99-30-28-96-4/h12-23,72-75H,6-11,24-71,76,94H2,1-5H3. The van der Waals surface area contributed by atoms with Gasteiger partial charge in [0.1, 0.15) is 5.78 Å². The van der Waals surface area contributed by atoms with E-state index in [4.69, 9.17) is 119 Å². The number of ketones is 1. The van der Waals surface area contributed by atoms with Crippen molar-refractivity contribution in [1.29, 1.82) is 0 Å². The van der Waals surface area contributed by atoms with Gasteiger partial charge in [0, 0.05) is 38.1 Å². The number of nitrogens with two attached hydrogens (primary N) is 1. The van der Waals surface area contributed by atoms with Crippen LogP contribution in [-0.2, 0) is 136 Å². The predicted molar refractivity (Wildman–Crippen MR) is 458 cm³/mol. The van der Waals surface area contributed by atoms with Gasteiger partial charge in [0.25, 0.3) is 0 Å². The van der Waals surface area contributed by atoms with Crippen LogP contribution >= 0.6 is 0 Å². The molecule has 2 aliphatic carbocycles. The number of ether oxygens (including phenoxy) is 24. The fourth-order valence-electron chi connectivity index (χ4n) is 14.1. The number of methoxy groups -OCH3 is 2. The molecule has 2 unspecified atom stereocenters. The van der Waals surface area contributed by atoms with E-state index in [0.717, 1.165) is 44.9 Å². The van der Waals surface area contributed by atoms with Crippen molar-refractivity contribution in [3.8, 4) is 44.5 Å². The summed E-state index contributed by atoms with van der Waals surface area (Å²) in [6.07, 6.45) is 6.91. The molecule has 2 aliphatic rings. The fourth-order valence-corrected chi connectivity index (χ4v) is 14.1. The second-order valence-corrected chi connectivity index (χ2v) is 29.2. The third kappa shape index (κ3) is 40.5. The number of unbranched alkanes of at least 4 members (excludes halogenated alkanes) is 1. The van der Waals surface area contributed by atoms with Crippen LogP contribution in [-0.4, -0.2) is 330 Å². The van der Waals surface area contributed by atoms with Crippen molar-refractivity contribution in [3.05, 3.63) is 130 Å². The lowest BCUT2D eigenvalue weighted by atomic mass is 9.74. The van der Waals surface area contributed by atoms with Crippen LogP contribution in [0.25, 0.3) is 44.5 Å². The summed E-state index contributed by atoms with van der Waals surface area (Å²) < 4.78 is 136. The number of aryl methyl sites for hydroxylation is 2. The predicted octanol–water partition coefficient (Wildman–Crippen LogP) is 11.4. The van der Waals surface area contributed by atoms with Crippen LogP contribution in [0.1, 0.15) is 92.2 Å². The number of rotatable bonds is 82. The van der Waals surface area contributed by atoms with Gasteiger partial charge in [0.2, 0.25) is 0 Å². The van der Waals surface area contributed by atoms with E-state index in [0.29, 0.717) is 317 Å². The lowest BCUT2D eigenvalue weighted by Crippen LogP contribution is -2.33. The van der Waals surface area contributed by atoms with E-state index in [9.17, 15) is 4.79 Å². The Morgan fingerprint density at radius 3 is 0.874 bits per heavy atom. The number of carbonyl (C=O) groups is 1. The van der Waals surface area contributed by atoms with Crippen LogP contribution in [0.5, 0.6) is 0 Å². The fraction of sp³-hybridized carbons (Fsp3) is 0.667. The van der Waals surface area contributed by atoms with Gasteiger partial charge in [-0.15, -0.1) is 0 Å². The summed E-state index contributed by atoms with van der Waals surface area (Å²) in [5.41, 5.74) is 22.9. The zero-order valence-electron chi connectivity index (χ0n) is 72.4. The van der Waals surface area contributed by atoms with E-state index in [1.165, 1.54) is 77.9 Å². The van der Waals surface area contributed by atoms with Gasteiger partial charge in [-0.25, -0.2) is 0 Å². The highest BCUT2D eigenvalue weighted by atomic mass is 16.6. The number of Topliss-reactive ketones (excluding diaryl/α,β-unsaturated/α-hetero) is 1. The first-order valence-electron chi connectivity index (χ1n) is 43.2. The maximum absolute atomic E-state index is 11.7. The monoisotopic (exact) mass is 1670 g/mol. The third-order valence-corrected chi connectivity index (χ3v) is 20.3. The van der Waals surface area contributed by atoms with E-state index in [1.807, 2.05) is 0 Å². The third-order valence-electron chi connectivity index (χ3n) is 20.3. The Morgan fingerprint density at radius 2 is 0.555 bits per heavy atom. The Morgan fingerprint density at radius 1 is 0.286 bits per heavy atom. The molecule has 0 saturated heterocycles. The highest BCUT2D eigenvalue weighted by Gasteiger charge is 2.44. The molecule has 7 rings (SSSR count). The molecular weight excluding hydrogens is 1530 g/mol. The Hall–Kier alpha value is -5.23. The minimum Gasteiger partial charge on any atom is -0.382 e. The molecule has 0 saturated carbocycles. The number of benzene rings is 5. The topological polar surface area (TPSA) is 265 Å². The maximum Gasteiger partial charge on any atom is 0.129 e. The molecule has 0 bridgehead atoms. The minimum absolute atomic E-state index is 0.235. The molecule has 0 fully saturated rings. The van der Waals surface area contributed by atoms with E-state index in [-0.39, 0.29) is 11.2 Å². The van der Waals surface area contributed by atoms with Gasteiger partial charge in [0.15, 0.2) is 0 Å². The Bertz CT molecular complexity index is 3350. The number of fused-ring (bicyclic) bond motifs is 6. The van der Waals surface area contributed by atoms with E-state index in [1.54, 1.807) is 21.1 Å². The van der Waals surface area contributed by atoms with E-state index < -0.39 is 5.41 Å². The Labute approximate surface area is 709 Å². The van der Waals surface area contributed by atoms with Gasteiger partial charge < -0.3 is 124 Å². The molecule has 0 aromatic heterocycles. The zero-order valence-corrected chi connectivity index (χ0v) is 72.4. The average molecular weight is 1680 g/mol. The number of hydrogen-bond acceptors (Lipinski definition) is 26. The number of hydrogen-bond donors (Lipinski definition) is 1. The van der Waals surface area contributed by atoms with Crippen molar-refractivity contribution in [2.45, 2.75) is 83.0 Å². The first-order chi connectivity index (χ1) is 58.7. The maximum atomic E-state index is 11.7. The summed E-state index contributed by atoms with van der Waals surface area (Å²) in [6.45, 7) is 29.5. The Balaban J connectivity index is 0.803. The second kappa shape index (κ2) is 65.4. The summed E-state index contributed by atoms with van der Waals surface area (Å²) in [5, 5.41) is 0. The molecule has 0 amide bonds. The summed E-state index contributed by atoms with van der Waals surface area (Å²) in [5.74, 6) is 0.235. The highest BCUT2D eigenvalue weighted by Crippen LogP contribution is 2.55. The van der Waals surface area contributed by atoms with Crippen molar-refractivity contribution in [1.82, 2.24) is 0 Å². The average Bonchev–Trinajstić information content (AvgIpc) is 1.56. The lowest BCUT2D eigenvalue weighted by Gasteiger charge is -2.33. The van der Waals surface area contributed by atoms with Crippen LogP contribution < -0.4 is 5.73 Å². The molecule has 26 nitrogen and oxygen atoms in total. The first kappa shape index (κ1) is 101. The second-order valence-electron chi connectivity index (χ2n) is 29.2. The van der Waals surface area contributed by atoms with Crippen LogP contribution in [0.15, 0.2) is 97.1 Å². The SMILES string of the molecule is COCCOCCOCCOCCOCCOCCOCCOCCOCCOCCOCCOCCCC1(COCCOCCOCCOCCOCCOCCOCCOCCOCCOCCOCCOC)c2cc(C)ccc2-c2ccc(-c3ccc4c(c3)C(C)(CCCCN)c3cc(-c5ccc(CCCC(C)=O)cc5)ccc3-4)cc21. The quantitative estimate of drug-likeness (QED) is 0.0355. The molecule has 0 heterocycles. The molecular formula is C93H143NO25. The van der Waals surface area contributed by atoms with E-state index >= 15 is 0 Å². The largest absolute Gasteiger partial charge is 0.382 e. The molecule has 0 spiro atoms. The smallest absolute Gasteiger partial charge is 0.129 e. The molecule has 2 N–H and O–H groups in total. The van der Waals surface area contributed by atoms with Gasteiger partial charge >= 0.3 is 0 Å². The minimum atomic E-state index is -0.475. The van der Waals surface area contributed by atoms with Crippen LogP contribution in [0.4, 0.5) is 0 Å². The summed E-state index contributed by atoms with van der Waals surface area (Å²) in [4.78, 5) is 11.7. The molecule has 2 atom stereocenters. The van der Waals surface area contributed by atoms with Crippen LogP contribution in [0, 0.1) is 6.92 Å². The first-order valence-corrected chi connectivity index (χ1v) is 43.2. The van der Waals surface area contributed by atoms with Crippen LogP contribution in [0.2, 0.25) is 0 Å². The molecule has 670 valence electrons. The summed E-state index contributed by atoms with van der Waals surface area (Å²) in [6, 6.07) is 37.0. The molecule has 0 aliphatic heterocycles. The van der Waals surface area contributed by atoms with Gasteiger partial charge in [-0.1, -0.05) is 97.8 Å².